The van der Waals surface area contributed by atoms with E-state index in [1.165, 1.54) is 19.3 Å². The second-order valence-corrected chi connectivity index (χ2v) is 5.07. The van der Waals surface area contributed by atoms with Gasteiger partial charge in [0.2, 0.25) is 5.88 Å². The van der Waals surface area contributed by atoms with Crippen LogP contribution in [0.2, 0.25) is 0 Å². The van der Waals surface area contributed by atoms with Gasteiger partial charge in [0.1, 0.15) is 0 Å². The van der Waals surface area contributed by atoms with Crippen molar-refractivity contribution >= 4 is 5.84 Å². The summed E-state index contributed by atoms with van der Waals surface area (Å²) in [5.74, 6) is 0.453. The largest absolute Gasteiger partial charge is 0.474 e. The van der Waals surface area contributed by atoms with Crippen molar-refractivity contribution in [3.8, 4) is 5.88 Å². The fraction of sp³-hybridized carbons (Fsp3) is 0.600. The van der Waals surface area contributed by atoms with Crippen molar-refractivity contribution in [2.24, 2.45) is 10.9 Å². The summed E-state index contributed by atoms with van der Waals surface area (Å²) in [5, 5.41) is 11.8. The van der Waals surface area contributed by atoms with E-state index in [4.69, 9.17) is 15.7 Å². The molecule has 0 aromatic carbocycles. The Morgan fingerprint density at radius 3 is 2.80 bits per heavy atom. The summed E-state index contributed by atoms with van der Waals surface area (Å²) in [5.41, 5.74) is 7.01. The van der Waals surface area contributed by atoms with Gasteiger partial charge in [0.25, 0.3) is 0 Å². The minimum atomic E-state index is 0.0192. The van der Waals surface area contributed by atoms with Crippen molar-refractivity contribution < 1.29 is 9.94 Å². The highest BCUT2D eigenvalue weighted by molar-refractivity contribution is 5.99. The highest BCUT2D eigenvalue weighted by atomic mass is 16.5. The van der Waals surface area contributed by atoms with Gasteiger partial charge in [0.05, 0.1) is 11.7 Å². The third kappa shape index (κ3) is 5.07. The number of nitrogens with two attached hydrogens (primary N) is 1. The third-order valence-electron chi connectivity index (χ3n) is 3.16. The number of aryl methyl sites for hydroxylation is 1. The number of aromatic nitrogens is 1. The standard InChI is InChI=1S/C15H25N3O2/c1-4-5-6-7-8-12(3)20-15-13(14(16)18-19)10-9-11(2)17-15/h9-10,12,19H,4-8H2,1-3H3,(H2,16,18). The van der Waals surface area contributed by atoms with Crippen molar-refractivity contribution in [1.82, 2.24) is 4.98 Å². The number of pyridine rings is 1. The Hall–Kier alpha value is -1.78. The molecule has 0 aliphatic heterocycles. The molecule has 1 atom stereocenters. The molecular weight excluding hydrogens is 254 g/mol. The minimum absolute atomic E-state index is 0.0192. The van der Waals surface area contributed by atoms with E-state index >= 15 is 0 Å². The van der Waals surface area contributed by atoms with Gasteiger partial charge in [-0.15, -0.1) is 0 Å². The molecular formula is C15H25N3O2. The summed E-state index contributed by atoms with van der Waals surface area (Å²) >= 11 is 0. The predicted molar refractivity (Wildman–Crippen MR) is 80.3 cm³/mol. The number of hydrogen-bond donors (Lipinski definition) is 2. The molecule has 0 aliphatic rings. The Balaban J connectivity index is 2.68. The molecule has 0 saturated heterocycles. The van der Waals surface area contributed by atoms with Crippen molar-refractivity contribution in [3.05, 3.63) is 23.4 Å². The first-order valence-electron chi connectivity index (χ1n) is 7.20. The van der Waals surface area contributed by atoms with Crippen molar-refractivity contribution in [2.75, 3.05) is 0 Å². The van der Waals surface area contributed by atoms with Gasteiger partial charge in [-0.3, -0.25) is 0 Å². The molecule has 20 heavy (non-hydrogen) atoms. The van der Waals surface area contributed by atoms with E-state index in [0.717, 1.165) is 18.5 Å². The first-order chi connectivity index (χ1) is 9.58. The number of nitrogens with zero attached hydrogens (tertiary/aromatic N) is 2. The molecule has 112 valence electrons. The summed E-state index contributed by atoms with van der Waals surface area (Å²) in [6.45, 7) is 6.10. The first-order valence-corrected chi connectivity index (χ1v) is 7.20. The Morgan fingerprint density at radius 1 is 1.40 bits per heavy atom. The molecule has 1 rings (SSSR count). The summed E-state index contributed by atoms with van der Waals surface area (Å²) < 4.78 is 5.85. The van der Waals surface area contributed by atoms with Gasteiger partial charge in [-0.1, -0.05) is 31.3 Å². The van der Waals surface area contributed by atoms with Crippen LogP contribution in [0.5, 0.6) is 5.88 Å². The van der Waals surface area contributed by atoms with Crippen LogP contribution >= 0.6 is 0 Å². The highest BCUT2D eigenvalue weighted by Crippen LogP contribution is 2.19. The zero-order valence-electron chi connectivity index (χ0n) is 12.6. The van der Waals surface area contributed by atoms with Gasteiger partial charge in [-0.05, 0) is 38.8 Å². The number of rotatable bonds is 8. The van der Waals surface area contributed by atoms with Crippen LogP contribution in [0.4, 0.5) is 0 Å². The lowest BCUT2D eigenvalue weighted by Gasteiger charge is -2.16. The number of ether oxygens (including phenoxy) is 1. The molecule has 0 aliphatic carbocycles. The van der Waals surface area contributed by atoms with Crippen LogP contribution in [0.1, 0.15) is 57.2 Å². The van der Waals surface area contributed by atoms with Crippen LogP contribution in [-0.2, 0) is 0 Å². The van der Waals surface area contributed by atoms with E-state index in [1.54, 1.807) is 6.07 Å². The maximum Gasteiger partial charge on any atom is 0.225 e. The van der Waals surface area contributed by atoms with Crippen LogP contribution < -0.4 is 10.5 Å². The van der Waals surface area contributed by atoms with Gasteiger partial charge in [0.15, 0.2) is 5.84 Å². The number of oxime groups is 1. The Labute approximate surface area is 120 Å². The SMILES string of the molecule is CCCCCCC(C)Oc1nc(C)ccc1C(N)=NO. The fourth-order valence-corrected chi connectivity index (χ4v) is 1.98. The van der Waals surface area contributed by atoms with Crippen molar-refractivity contribution in [1.29, 1.82) is 0 Å². The average molecular weight is 279 g/mol. The fourth-order valence-electron chi connectivity index (χ4n) is 1.98. The van der Waals surface area contributed by atoms with E-state index in [9.17, 15) is 0 Å². The number of amidine groups is 1. The first kappa shape index (κ1) is 16.3. The molecule has 1 aromatic rings. The molecule has 5 nitrogen and oxygen atoms in total. The molecule has 5 heteroatoms. The van der Waals surface area contributed by atoms with Crippen molar-refractivity contribution in [3.63, 3.8) is 0 Å². The van der Waals surface area contributed by atoms with Crippen LogP contribution in [0.3, 0.4) is 0 Å². The topological polar surface area (TPSA) is 80.7 Å². The smallest absolute Gasteiger partial charge is 0.225 e. The van der Waals surface area contributed by atoms with Crippen LogP contribution in [0.15, 0.2) is 17.3 Å². The normalized spacial score (nSPS) is 13.2. The minimum Gasteiger partial charge on any atom is -0.474 e. The predicted octanol–water partition coefficient (Wildman–Crippen LogP) is 3.22. The zero-order valence-corrected chi connectivity index (χ0v) is 12.6. The Kier molecular flexibility index (Phi) is 6.84. The molecule has 1 heterocycles. The maximum absolute atomic E-state index is 8.80. The summed E-state index contributed by atoms with van der Waals surface area (Å²) in [6, 6.07) is 3.57. The summed E-state index contributed by atoms with van der Waals surface area (Å²) in [4.78, 5) is 4.33. The van der Waals surface area contributed by atoms with Gasteiger partial charge in [-0.25, -0.2) is 4.98 Å². The molecule has 0 saturated carbocycles. The zero-order chi connectivity index (χ0) is 15.0. The third-order valence-corrected chi connectivity index (χ3v) is 3.16. The van der Waals surface area contributed by atoms with Crippen LogP contribution in [0.25, 0.3) is 0 Å². The monoisotopic (exact) mass is 279 g/mol. The Morgan fingerprint density at radius 2 is 2.15 bits per heavy atom. The van der Waals surface area contributed by atoms with Gasteiger partial charge in [-0.2, -0.15) is 0 Å². The molecule has 0 amide bonds. The van der Waals surface area contributed by atoms with Crippen LogP contribution in [0, 0.1) is 6.92 Å². The van der Waals surface area contributed by atoms with E-state index in [2.05, 4.69) is 17.1 Å². The lowest BCUT2D eigenvalue weighted by molar-refractivity contribution is 0.197. The molecule has 0 radical (unpaired) electrons. The van der Waals surface area contributed by atoms with Crippen molar-refractivity contribution in [2.45, 2.75) is 59.0 Å². The lowest BCUT2D eigenvalue weighted by Crippen LogP contribution is -2.19. The van der Waals surface area contributed by atoms with E-state index < -0.39 is 0 Å². The van der Waals surface area contributed by atoms with Gasteiger partial charge >= 0.3 is 0 Å². The summed E-state index contributed by atoms with van der Waals surface area (Å²) in [7, 11) is 0. The molecule has 0 spiro atoms. The average Bonchev–Trinajstić information content (AvgIpc) is 2.43. The second kappa shape index (κ2) is 8.40. The highest BCUT2D eigenvalue weighted by Gasteiger charge is 2.13. The number of unbranched alkanes of at least 4 members (excludes halogenated alkanes) is 3. The lowest BCUT2D eigenvalue weighted by atomic mass is 10.1. The van der Waals surface area contributed by atoms with Gasteiger partial charge < -0.3 is 15.7 Å². The molecule has 3 N–H and O–H groups in total. The number of hydrogen-bond acceptors (Lipinski definition) is 4. The molecule has 1 aromatic heterocycles. The van der Waals surface area contributed by atoms with Crippen LogP contribution in [-0.4, -0.2) is 22.1 Å². The Bertz CT molecular complexity index is 447. The molecule has 0 bridgehead atoms. The van der Waals surface area contributed by atoms with E-state index in [0.29, 0.717) is 11.4 Å². The van der Waals surface area contributed by atoms with E-state index in [1.807, 2.05) is 19.9 Å². The molecule has 0 fully saturated rings. The second-order valence-electron chi connectivity index (χ2n) is 5.07. The van der Waals surface area contributed by atoms with E-state index in [-0.39, 0.29) is 11.9 Å². The van der Waals surface area contributed by atoms with Gasteiger partial charge in [0, 0.05) is 5.69 Å². The maximum atomic E-state index is 8.80. The molecule has 1 unspecified atom stereocenters. The summed E-state index contributed by atoms with van der Waals surface area (Å²) in [6.07, 6.45) is 5.88. The quantitative estimate of drug-likeness (QED) is 0.252.